The van der Waals surface area contributed by atoms with Gasteiger partial charge >= 0.3 is 0 Å². The summed E-state index contributed by atoms with van der Waals surface area (Å²) in [6.07, 6.45) is 0. The molecule has 0 aliphatic heterocycles. The minimum absolute atomic E-state index is 0.282. The zero-order chi connectivity index (χ0) is 15.7. The van der Waals surface area contributed by atoms with Gasteiger partial charge in [0.1, 0.15) is 5.82 Å². The highest BCUT2D eigenvalue weighted by molar-refractivity contribution is 5.52. The molecule has 6 nitrogen and oxygen atoms in total. The summed E-state index contributed by atoms with van der Waals surface area (Å²) in [5, 5.41) is 17.3. The van der Waals surface area contributed by atoms with Crippen molar-refractivity contribution >= 4 is 0 Å². The fourth-order valence-electron chi connectivity index (χ4n) is 2.10. The van der Waals surface area contributed by atoms with Gasteiger partial charge in [-0.3, -0.25) is 0 Å². The van der Waals surface area contributed by atoms with Gasteiger partial charge in [-0.1, -0.05) is 19.0 Å². The van der Waals surface area contributed by atoms with Gasteiger partial charge in [-0.05, 0) is 37.1 Å². The van der Waals surface area contributed by atoms with Gasteiger partial charge in [0.2, 0.25) is 11.6 Å². The Morgan fingerprint density at radius 1 is 1.23 bits per heavy atom. The average Bonchev–Trinajstić information content (AvgIpc) is 3.13. The number of benzene rings is 1. The summed E-state index contributed by atoms with van der Waals surface area (Å²) in [6, 6.07) is 11.1. The molecule has 0 fully saturated rings. The molecule has 2 aromatic heterocycles. The summed E-state index contributed by atoms with van der Waals surface area (Å²) in [6.45, 7) is 5.93. The van der Waals surface area contributed by atoms with E-state index in [1.165, 1.54) is 0 Å². The molecule has 1 aromatic carbocycles. The minimum atomic E-state index is 0.282. The Hall–Kier alpha value is -2.94. The van der Waals surface area contributed by atoms with E-state index >= 15 is 0 Å². The number of aromatic nitrogens is 4. The van der Waals surface area contributed by atoms with E-state index in [9.17, 15) is 0 Å². The van der Waals surface area contributed by atoms with E-state index in [0.717, 1.165) is 11.4 Å². The van der Waals surface area contributed by atoms with E-state index < -0.39 is 0 Å². The number of hydrogen-bond acceptors (Lipinski definition) is 5. The first-order chi connectivity index (χ1) is 10.6. The zero-order valence-electron chi connectivity index (χ0n) is 12.6. The molecule has 0 spiro atoms. The Kier molecular flexibility index (Phi) is 3.47. The summed E-state index contributed by atoms with van der Waals surface area (Å²) in [7, 11) is 0. The molecule has 0 N–H and O–H groups in total. The van der Waals surface area contributed by atoms with Gasteiger partial charge in [-0.25, -0.2) is 9.67 Å². The lowest BCUT2D eigenvalue weighted by molar-refractivity contribution is 0.416. The van der Waals surface area contributed by atoms with Gasteiger partial charge in [-0.15, -0.1) is 0 Å². The van der Waals surface area contributed by atoms with E-state index in [0.29, 0.717) is 23.0 Å². The van der Waals surface area contributed by atoms with Gasteiger partial charge in [0.05, 0.1) is 23.0 Å². The summed E-state index contributed by atoms with van der Waals surface area (Å²) < 4.78 is 7.10. The van der Waals surface area contributed by atoms with Crippen LogP contribution in [0, 0.1) is 18.3 Å². The SMILES string of the molecule is Cc1nc(-c2cc(C(C)C)no2)n(-c2ccc(C#N)cc2)n1. The molecule has 0 bridgehead atoms. The highest BCUT2D eigenvalue weighted by atomic mass is 16.5. The zero-order valence-corrected chi connectivity index (χ0v) is 12.6. The molecule has 0 saturated heterocycles. The highest BCUT2D eigenvalue weighted by Crippen LogP contribution is 2.24. The van der Waals surface area contributed by atoms with E-state index in [2.05, 4.69) is 35.2 Å². The van der Waals surface area contributed by atoms with E-state index in [4.69, 9.17) is 9.78 Å². The first kappa shape index (κ1) is 14.0. The van der Waals surface area contributed by atoms with Crippen LogP contribution in [0.2, 0.25) is 0 Å². The molecule has 6 heteroatoms. The van der Waals surface area contributed by atoms with Crippen LogP contribution in [-0.2, 0) is 0 Å². The van der Waals surface area contributed by atoms with Gasteiger partial charge in [-0.2, -0.15) is 10.4 Å². The maximum absolute atomic E-state index is 8.88. The first-order valence-corrected chi connectivity index (χ1v) is 6.99. The van der Waals surface area contributed by atoms with E-state index in [1.807, 2.05) is 25.1 Å². The molecule has 0 radical (unpaired) electrons. The summed E-state index contributed by atoms with van der Waals surface area (Å²) in [4.78, 5) is 4.43. The lowest BCUT2D eigenvalue weighted by atomic mass is 10.1. The Morgan fingerprint density at radius 3 is 2.55 bits per heavy atom. The molecule has 3 rings (SSSR count). The maximum Gasteiger partial charge on any atom is 0.204 e. The Bertz CT molecular complexity index is 836. The van der Waals surface area contributed by atoms with Crippen molar-refractivity contribution in [1.82, 2.24) is 19.9 Å². The van der Waals surface area contributed by atoms with Crippen LogP contribution in [0.5, 0.6) is 0 Å². The quantitative estimate of drug-likeness (QED) is 0.740. The molecule has 110 valence electrons. The van der Waals surface area contributed by atoms with Crippen molar-refractivity contribution in [3.63, 3.8) is 0 Å². The predicted octanol–water partition coefficient (Wildman–Crippen LogP) is 3.23. The van der Waals surface area contributed by atoms with Crippen molar-refractivity contribution in [1.29, 1.82) is 5.26 Å². The third-order valence-electron chi connectivity index (χ3n) is 3.29. The second kappa shape index (κ2) is 5.45. The molecular formula is C16H15N5O. The Labute approximate surface area is 128 Å². The van der Waals surface area contributed by atoms with Gasteiger partial charge < -0.3 is 4.52 Å². The minimum Gasteiger partial charge on any atom is -0.353 e. The number of nitrogens with zero attached hydrogens (tertiary/aromatic N) is 5. The van der Waals surface area contributed by atoms with Crippen LogP contribution in [0.25, 0.3) is 17.3 Å². The largest absolute Gasteiger partial charge is 0.353 e. The molecule has 0 aliphatic carbocycles. The predicted molar refractivity (Wildman–Crippen MR) is 80.4 cm³/mol. The summed E-state index contributed by atoms with van der Waals surface area (Å²) >= 11 is 0. The molecule has 0 saturated carbocycles. The van der Waals surface area contributed by atoms with E-state index in [1.54, 1.807) is 16.8 Å². The number of rotatable bonds is 3. The standard InChI is InChI=1S/C16H15N5O/c1-10(2)14-8-15(22-20-14)16-18-11(3)19-21(16)13-6-4-12(9-17)5-7-13/h4-8,10H,1-3H3. The molecule has 0 aliphatic rings. The van der Waals surface area contributed by atoms with Crippen molar-refractivity contribution in [3.8, 4) is 23.3 Å². The first-order valence-electron chi connectivity index (χ1n) is 6.99. The number of hydrogen-bond donors (Lipinski definition) is 0. The van der Waals surface area contributed by atoms with Crippen molar-refractivity contribution in [2.45, 2.75) is 26.7 Å². The van der Waals surface area contributed by atoms with Gasteiger partial charge in [0, 0.05) is 6.07 Å². The molecule has 2 heterocycles. The molecule has 0 atom stereocenters. The van der Waals surface area contributed by atoms with Crippen LogP contribution in [0.3, 0.4) is 0 Å². The molecule has 0 unspecified atom stereocenters. The van der Waals surface area contributed by atoms with Crippen LogP contribution in [0.15, 0.2) is 34.9 Å². The Balaban J connectivity index is 2.07. The van der Waals surface area contributed by atoms with Gasteiger partial charge in [0.15, 0.2) is 0 Å². The highest BCUT2D eigenvalue weighted by Gasteiger charge is 2.17. The second-order valence-corrected chi connectivity index (χ2v) is 5.32. The van der Waals surface area contributed by atoms with Crippen molar-refractivity contribution < 1.29 is 4.52 Å². The van der Waals surface area contributed by atoms with Crippen LogP contribution in [0.4, 0.5) is 0 Å². The smallest absolute Gasteiger partial charge is 0.204 e. The van der Waals surface area contributed by atoms with Crippen LogP contribution >= 0.6 is 0 Å². The van der Waals surface area contributed by atoms with Crippen LogP contribution in [-0.4, -0.2) is 19.9 Å². The monoisotopic (exact) mass is 293 g/mol. The molecule has 22 heavy (non-hydrogen) atoms. The van der Waals surface area contributed by atoms with Gasteiger partial charge in [0.25, 0.3) is 0 Å². The van der Waals surface area contributed by atoms with Crippen LogP contribution < -0.4 is 0 Å². The number of nitriles is 1. The lowest BCUT2D eigenvalue weighted by Gasteiger charge is -2.03. The summed E-state index contributed by atoms with van der Waals surface area (Å²) in [5.74, 6) is 2.10. The average molecular weight is 293 g/mol. The fourth-order valence-corrected chi connectivity index (χ4v) is 2.10. The lowest BCUT2D eigenvalue weighted by Crippen LogP contribution is -1.99. The van der Waals surface area contributed by atoms with E-state index in [-0.39, 0.29) is 5.92 Å². The van der Waals surface area contributed by atoms with Crippen LogP contribution in [0.1, 0.15) is 36.8 Å². The number of aryl methyl sites for hydroxylation is 1. The maximum atomic E-state index is 8.88. The normalized spacial score (nSPS) is 10.9. The fraction of sp³-hybridized carbons (Fsp3) is 0.250. The Morgan fingerprint density at radius 2 is 1.95 bits per heavy atom. The third kappa shape index (κ3) is 2.49. The third-order valence-corrected chi connectivity index (χ3v) is 3.29. The summed E-state index contributed by atoms with van der Waals surface area (Å²) in [5.41, 5.74) is 2.29. The van der Waals surface area contributed by atoms with Crippen molar-refractivity contribution in [3.05, 3.63) is 47.4 Å². The molecular weight excluding hydrogens is 278 g/mol. The molecule has 3 aromatic rings. The second-order valence-electron chi connectivity index (χ2n) is 5.32. The van der Waals surface area contributed by atoms with Crippen molar-refractivity contribution in [2.24, 2.45) is 0 Å². The topological polar surface area (TPSA) is 80.5 Å². The molecule has 0 amide bonds. The van der Waals surface area contributed by atoms with Crippen molar-refractivity contribution in [2.75, 3.05) is 0 Å².